The number of hydrogen-bond donors (Lipinski definition) is 1. The first-order chi connectivity index (χ1) is 9.01. The second kappa shape index (κ2) is 5.96. The average Bonchev–Trinajstić information content (AvgIpc) is 2.86. The number of aromatic nitrogens is 4. The molecule has 0 bridgehead atoms. The summed E-state index contributed by atoms with van der Waals surface area (Å²) >= 11 is 1.63. The van der Waals surface area contributed by atoms with Crippen LogP contribution in [0.25, 0.3) is 4.96 Å². The van der Waals surface area contributed by atoms with Crippen molar-refractivity contribution in [2.75, 3.05) is 6.54 Å². The van der Waals surface area contributed by atoms with Crippen molar-refractivity contribution >= 4 is 16.3 Å². The third-order valence-electron chi connectivity index (χ3n) is 3.17. The predicted octanol–water partition coefficient (Wildman–Crippen LogP) is 2.47. The normalized spacial score (nSPS) is 13.8. The van der Waals surface area contributed by atoms with Gasteiger partial charge in [0.15, 0.2) is 5.82 Å². The molecule has 2 rings (SSSR count). The van der Waals surface area contributed by atoms with E-state index in [0.717, 1.165) is 35.2 Å². The minimum Gasteiger partial charge on any atom is -0.330 e. The molecule has 2 aromatic heterocycles. The molecule has 0 spiro atoms. The van der Waals surface area contributed by atoms with Crippen molar-refractivity contribution < 1.29 is 0 Å². The molecule has 0 aliphatic rings. The molecule has 0 aliphatic carbocycles. The second-order valence-corrected chi connectivity index (χ2v) is 6.88. The highest BCUT2D eigenvalue weighted by molar-refractivity contribution is 7.16. The maximum atomic E-state index is 5.86. The van der Waals surface area contributed by atoms with Gasteiger partial charge in [-0.3, -0.25) is 0 Å². The van der Waals surface area contributed by atoms with Crippen molar-refractivity contribution in [3.8, 4) is 0 Å². The van der Waals surface area contributed by atoms with E-state index in [0.29, 0.717) is 17.8 Å². The lowest BCUT2D eigenvalue weighted by molar-refractivity contribution is 0.413. The van der Waals surface area contributed by atoms with E-state index in [1.807, 2.05) is 4.52 Å². The van der Waals surface area contributed by atoms with Crippen LogP contribution in [-0.2, 0) is 6.42 Å². The third-order valence-corrected chi connectivity index (χ3v) is 4.10. The summed E-state index contributed by atoms with van der Waals surface area (Å²) in [6.45, 7) is 9.40. The van der Waals surface area contributed by atoms with Crippen LogP contribution in [0.1, 0.15) is 50.9 Å². The number of nitrogens with zero attached hydrogens (tertiary/aromatic N) is 4. The largest absolute Gasteiger partial charge is 0.330 e. The molecule has 0 saturated carbocycles. The lowest BCUT2D eigenvalue weighted by atomic mass is 9.95. The van der Waals surface area contributed by atoms with Gasteiger partial charge in [-0.25, -0.2) is 0 Å². The molecule has 0 aliphatic heterocycles. The molecule has 0 fully saturated rings. The fraction of sp³-hybridized carbons (Fsp3) is 0.769. The number of nitrogens with two attached hydrogens (primary N) is 1. The SMILES string of the molecule is CC(C)CC(CN)Cc1nn2c(C(C)C)nnc2s1. The minimum absolute atomic E-state index is 0.339. The summed E-state index contributed by atoms with van der Waals surface area (Å²) in [5.74, 6) is 2.45. The molecule has 2 aromatic rings. The Morgan fingerprint density at radius 2 is 1.95 bits per heavy atom. The monoisotopic (exact) mass is 281 g/mol. The van der Waals surface area contributed by atoms with E-state index in [2.05, 4.69) is 43.0 Å². The zero-order valence-electron chi connectivity index (χ0n) is 12.1. The number of fused-ring (bicyclic) bond motifs is 1. The van der Waals surface area contributed by atoms with Gasteiger partial charge in [0.1, 0.15) is 5.01 Å². The van der Waals surface area contributed by atoms with Gasteiger partial charge >= 0.3 is 0 Å². The maximum absolute atomic E-state index is 5.86. The van der Waals surface area contributed by atoms with Crippen molar-refractivity contribution in [3.63, 3.8) is 0 Å². The highest BCUT2D eigenvalue weighted by Crippen LogP contribution is 2.22. The highest BCUT2D eigenvalue weighted by Gasteiger charge is 2.17. The van der Waals surface area contributed by atoms with Crippen LogP contribution in [0.3, 0.4) is 0 Å². The Morgan fingerprint density at radius 3 is 2.53 bits per heavy atom. The molecule has 1 atom stereocenters. The van der Waals surface area contributed by atoms with Crippen molar-refractivity contribution in [3.05, 3.63) is 10.8 Å². The van der Waals surface area contributed by atoms with Gasteiger partial charge in [-0.1, -0.05) is 39.0 Å². The molecule has 0 aromatic carbocycles. The molecular weight excluding hydrogens is 258 g/mol. The van der Waals surface area contributed by atoms with Crippen LogP contribution >= 0.6 is 11.3 Å². The zero-order chi connectivity index (χ0) is 14.0. The Kier molecular flexibility index (Phi) is 4.52. The van der Waals surface area contributed by atoms with Crippen molar-refractivity contribution in [2.45, 2.75) is 46.5 Å². The average molecular weight is 281 g/mol. The smallest absolute Gasteiger partial charge is 0.234 e. The van der Waals surface area contributed by atoms with Gasteiger partial charge < -0.3 is 5.73 Å². The van der Waals surface area contributed by atoms with Crippen molar-refractivity contribution in [1.29, 1.82) is 0 Å². The summed E-state index contributed by atoms with van der Waals surface area (Å²) in [5, 5.41) is 14.1. The van der Waals surface area contributed by atoms with Gasteiger partial charge in [0.25, 0.3) is 0 Å². The summed E-state index contributed by atoms with van der Waals surface area (Å²) in [4.78, 5) is 0.888. The molecule has 0 amide bonds. The Hall–Kier alpha value is -1.01. The Labute approximate surface area is 118 Å². The lowest BCUT2D eigenvalue weighted by Gasteiger charge is -2.14. The van der Waals surface area contributed by atoms with Gasteiger partial charge in [0, 0.05) is 12.3 Å². The Morgan fingerprint density at radius 1 is 1.21 bits per heavy atom. The topological polar surface area (TPSA) is 69.1 Å². The van der Waals surface area contributed by atoms with Crippen molar-refractivity contribution in [2.24, 2.45) is 17.6 Å². The van der Waals surface area contributed by atoms with Gasteiger partial charge in [0.2, 0.25) is 4.96 Å². The molecular formula is C13H23N5S. The van der Waals surface area contributed by atoms with Crippen LogP contribution in [0.5, 0.6) is 0 Å². The quantitative estimate of drug-likeness (QED) is 0.883. The first-order valence-electron chi connectivity index (χ1n) is 6.92. The lowest BCUT2D eigenvalue weighted by Crippen LogP contribution is -2.19. The molecule has 5 nitrogen and oxygen atoms in total. The second-order valence-electron chi connectivity index (χ2n) is 5.84. The first-order valence-corrected chi connectivity index (χ1v) is 7.74. The van der Waals surface area contributed by atoms with Crippen molar-refractivity contribution in [1.82, 2.24) is 19.8 Å². The molecule has 2 heterocycles. The number of rotatable bonds is 6. The summed E-state index contributed by atoms with van der Waals surface area (Å²) in [6.07, 6.45) is 2.09. The molecule has 0 saturated heterocycles. The third kappa shape index (κ3) is 3.30. The Bertz CT molecular complexity index is 528. The van der Waals surface area contributed by atoms with Gasteiger partial charge in [-0.05, 0) is 24.8 Å². The summed E-state index contributed by atoms with van der Waals surface area (Å²) in [5.41, 5.74) is 5.86. The molecule has 0 radical (unpaired) electrons. The zero-order valence-corrected chi connectivity index (χ0v) is 12.9. The van der Waals surface area contributed by atoms with E-state index in [4.69, 9.17) is 5.73 Å². The standard InChI is InChI=1S/C13H23N5S/c1-8(2)5-10(7-14)6-11-17-18-12(9(3)4)15-16-13(18)19-11/h8-10H,5-7,14H2,1-4H3. The van der Waals surface area contributed by atoms with Gasteiger partial charge in [-0.2, -0.15) is 9.61 Å². The Balaban J connectivity index is 2.17. The van der Waals surface area contributed by atoms with Gasteiger partial charge in [-0.15, -0.1) is 10.2 Å². The molecule has 6 heteroatoms. The van der Waals surface area contributed by atoms with Crippen LogP contribution in [0.15, 0.2) is 0 Å². The molecule has 1 unspecified atom stereocenters. The fourth-order valence-electron chi connectivity index (χ4n) is 2.29. The molecule has 19 heavy (non-hydrogen) atoms. The van der Waals surface area contributed by atoms with E-state index in [-0.39, 0.29) is 0 Å². The number of hydrogen-bond acceptors (Lipinski definition) is 5. The maximum Gasteiger partial charge on any atom is 0.234 e. The van der Waals surface area contributed by atoms with Crippen LogP contribution in [0.4, 0.5) is 0 Å². The first kappa shape index (κ1) is 14.4. The molecule has 2 N–H and O–H groups in total. The van der Waals surface area contributed by atoms with Crippen LogP contribution < -0.4 is 5.73 Å². The van der Waals surface area contributed by atoms with E-state index < -0.39 is 0 Å². The summed E-state index contributed by atoms with van der Waals surface area (Å²) in [7, 11) is 0. The van der Waals surface area contributed by atoms with E-state index in [1.165, 1.54) is 0 Å². The van der Waals surface area contributed by atoms with Gasteiger partial charge in [0.05, 0.1) is 0 Å². The van der Waals surface area contributed by atoms with E-state index >= 15 is 0 Å². The predicted molar refractivity (Wildman–Crippen MR) is 78.5 cm³/mol. The van der Waals surface area contributed by atoms with E-state index in [9.17, 15) is 0 Å². The minimum atomic E-state index is 0.339. The van der Waals surface area contributed by atoms with E-state index in [1.54, 1.807) is 11.3 Å². The fourth-order valence-corrected chi connectivity index (χ4v) is 3.25. The van der Waals surface area contributed by atoms with Crippen LogP contribution in [0.2, 0.25) is 0 Å². The highest BCUT2D eigenvalue weighted by atomic mass is 32.1. The molecule has 106 valence electrons. The summed E-state index contributed by atoms with van der Waals surface area (Å²) in [6, 6.07) is 0. The van der Waals surface area contributed by atoms with Crippen LogP contribution in [0, 0.1) is 11.8 Å². The summed E-state index contributed by atoms with van der Waals surface area (Å²) < 4.78 is 1.88. The van der Waals surface area contributed by atoms with Crippen LogP contribution in [-0.4, -0.2) is 26.4 Å².